The molecule has 152 valence electrons. The van der Waals surface area contributed by atoms with E-state index in [0.717, 1.165) is 32.6 Å². The smallest absolute Gasteiger partial charge is 0.291 e. The van der Waals surface area contributed by atoms with Crippen LogP contribution in [0.4, 0.5) is 5.69 Å². The number of fused-ring (bicyclic) bond motifs is 1. The summed E-state index contributed by atoms with van der Waals surface area (Å²) >= 11 is 1.42. The van der Waals surface area contributed by atoms with Crippen molar-refractivity contribution in [3.8, 4) is 0 Å². The molecule has 6 nitrogen and oxygen atoms in total. The van der Waals surface area contributed by atoms with Gasteiger partial charge in [0, 0.05) is 23.3 Å². The van der Waals surface area contributed by atoms with E-state index in [1.54, 1.807) is 24.3 Å². The second-order valence-corrected chi connectivity index (χ2v) is 8.13. The van der Waals surface area contributed by atoms with Gasteiger partial charge in [-0.25, -0.2) is 4.98 Å². The molecule has 4 rings (SSSR count). The minimum Gasteiger partial charge on any atom is -0.459 e. The quantitative estimate of drug-likeness (QED) is 0.477. The van der Waals surface area contributed by atoms with Crippen LogP contribution in [0.3, 0.4) is 0 Å². The molecule has 0 atom stereocenters. The van der Waals surface area contributed by atoms with Crippen LogP contribution < -0.4 is 10.6 Å². The van der Waals surface area contributed by atoms with E-state index in [0.29, 0.717) is 17.1 Å². The van der Waals surface area contributed by atoms with Crippen LogP contribution in [0, 0.1) is 20.8 Å². The number of amides is 2. The number of hydrogen-bond donors (Lipinski definition) is 2. The molecule has 3 heterocycles. The Bertz CT molecular complexity index is 1230. The van der Waals surface area contributed by atoms with Crippen molar-refractivity contribution in [3.63, 3.8) is 0 Å². The minimum absolute atomic E-state index is 0.109. The fraction of sp³-hybridized carbons (Fsp3) is 0.174. The summed E-state index contributed by atoms with van der Waals surface area (Å²) in [4.78, 5) is 30.9. The lowest BCUT2D eigenvalue weighted by atomic mass is 10.1. The number of nitrogens with zero attached hydrogens (tertiary/aromatic N) is 1. The van der Waals surface area contributed by atoms with Gasteiger partial charge in [-0.2, -0.15) is 0 Å². The number of thiophene rings is 1. The molecule has 0 aliphatic heterocycles. The second-order valence-electron chi connectivity index (χ2n) is 7.13. The Hall–Kier alpha value is -3.45. The van der Waals surface area contributed by atoms with Crippen molar-refractivity contribution in [2.45, 2.75) is 27.3 Å². The number of furan rings is 1. The summed E-state index contributed by atoms with van der Waals surface area (Å²) in [6.07, 6.45) is 1.46. The summed E-state index contributed by atoms with van der Waals surface area (Å²) < 4.78 is 5.08. The minimum atomic E-state index is -0.305. The summed E-state index contributed by atoms with van der Waals surface area (Å²) in [5, 5.41) is 6.81. The van der Waals surface area contributed by atoms with Gasteiger partial charge >= 0.3 is 0 Å². The normalized spacial score (nSPS) is 10.9. The summed E-state index contributed by atoms with van der Waals surface area (Å²) in [6, 6.07) is 12.6. The Morgan fingerprint density at radius 1 is 1.07 bits per heavy atom. The number of carbonyl (C=O) groups excluding carboxylic acids is 2. The van der Waals surface area contributed by atoms with Crippen LogP contribution in [0.1, 0.15) is 42.6 Å². The molecule has 1 aromatic carbocycles. The first-order valence-electron chi connectivity index (χ1n) is 9.51. The van der Waals surface area contributed by atoms with E-state index in [1.807, 2.05) is 39.0 Å². The maximum atomic E-state index is 12.8. The monoisotopic (exact) mass is 419 g/mol. The number of carbonyl (C=O) groups is 2. The SMILES string of the molecule is Cc1cc(C)c2c(C)c(C(=O)NCc3ccc(NC(=O)c4ccco4)cc3)sc2n1. The van der Waals surface area contributed by atoms with E-state index >= 15 is 0 Å². The van der Waals surface area contributed by atoms with Crippen LogP contribution in [-0.4, -0.2) is 16.8 Å². The van der Waals surface area contributed by atoms with Crippen molar-refractivity contribution in [2.75, 3.05) is 5.32 Å². The molecule has 0 spiro atoms. The van der Waals surface area contributed by atoms with Crippen LogP contribution in [0.2, 0.25) is 0 Å². The number of rotatable bonds is 5. The van der Waals surface area contributed by atoms with Crippen molar-refractivity contribution < 1.29 is 14.0 Å². The van der Waals surface area contributed by atoms with Crippen molar-refractivity contribution in [3.05, 3.63) is 81.7 Å². The van der Waals surface area contributed by atoms with Gasteiger partial charge in [-0.1, -0.05) is 12.1 Å². The molecular weight excluding hydrogens is 398 g/mol. The van der Waals surface area contributed by atoms with Gasteiger partial charge in [0.15, 0.2) is 5.76 Å². The third-order valence-corrected chi connectivity index (χ3v) is 6.03. The molecule has 0 aliphatic carbocycles. The Kier molecular flexibility index (Phi) is 5.37. The highest BCUT2D eigenvalue weighted by Gasteiger charge is 2.18. The van der Waals surface area contributed by atoms with Gasteiger partial charge < -0.3 is 15.1 Å². The van der Waals surface area contributed by atoms with Gasteiger partial charge in [0.1, 0.15) is 4.83 Å². The largest absolute Gasteiger partial charge is 0.459 e. The number of nitrogens with one attached hydrogen (secondary N) is 2. The van der Waals surface area contributed by atoms with Gasteiger partial charge in [0.2, 0.25) is 0 Å². The topological polar surface area (TPSA) is 84.2 Å². The molecule has 4 aromatic rings. The molecule has 0 saturated carbocycles. The zero-order chi connectivity index (χ0) is 21.3. The summed E-state index contributed by atoms with van der Waals surface area (Å²) in [6.45, 7) is 6.37. The lowest BCUT2D eigenvalue weighted by Gasteiger charge is -2.07. The standard InChI is InChI=1S/C23H21N3O3S/c1-13-11-14(2)25-23-19(13)15(3)20(30-23)22(28)24-12-16-6-8-17(9-7-16)26-21(27)18-5-4-10-29-18/h4-11H,12H2,1-3H3,(H,24,28)(H,26,27). The van der Waals surface area contributed by atoms with E-state index in [-0.39, 0.29) is 17.6 Å². The Balaban J connectivity index is 1.42. The van der Waals surface area contributed by atoms with E-state index in [2.05, 4.69) is 15.6 Å². The van der Waals surface area contributed by atoms with Crippen molar-refractivity contribution >= 4 is 39.1 Å². The maximum Gasteiger partial charge on any atom is 0.291 e. The number of hydrogen-bond acceptors (Lipinski definition) is 5. The number of aryl methyl sites for hydroxylation is 3. The third-order valence-electron chi connectivity index (χ3n) is 4.84. The molecule has 7 heteroatoms. The summed E-state index contributed by atoms with van der Waals surface area (Å²) in [7, 11) is 0. The van der Waals surface area contributed by atoms with E-state index < -0.39 is 0 Å². The Morgan fingerprint density at radius 3 is 2.53 bits per heavy atom. The predicted molar refractivity (Wildman–Crippen MR) is 118 cm³/mol. The highest BCUT2D eigenvalue weighted by atomic mass is 32.1. The van der Waals surface area contributed by atoms with Crippen molar-refractivity contribution in [1.29, 1.82) is 0 Å². The molecule has 2 N–H and O–H groups in total. The van der Waals surface area contributed by atoms with Gasteiger partial charge in [0.05, 0.1) is 11.1 Å². The Labute approximate surface area is 177 Å². The van der Waals surface area contributed by atoms with Crippen LogP contribution in [0.25, 0.3) is 10.2 Å². The summed E-state index contributed by atoms with van der Waals surface area (Å²) in [5.74, 6) is -0.159. The van der Waals surface area contributed by atoms with Crippen LogP contribution in [0.5, 0.6) is 0 Å². The number of anilines is 1. The van der Waals surface area contributed by atoms with Crippen molar-refractivity contribution in [1.82, 2.24) is 10.3 Å². The van der Waals surface area contributed by atoms with Crippen LogP contribution in [0.15, 0.2) is 53.1 Å². The zero-order valence-corrected chi connectivity index (χ0v) is 17.7. The molecular formula is C23H21N3O3S. The third kappa shape index (κ3) is 3.97. The first kappa shape index (κ1) is 19.8. The van der Waals surface area contributed by atoms with Gasteiger partial charge in [0.25, 0.3) is 11.8 Å². The van der Waals surface area contributed by atoms with E-state index in [1.165, 1.54) is 17.6 Å². The molecule has 0 unspecified atom stereocenters. The van der Waals surface area contributed by atoms with Gasteiger partial charge in [-0.15, -0.1) is 11.3 Å². The lowest BCUT2D eigenvalue weighted by molar-refractivity contribution is 0.0953. The fourth-order valence-corrected chi connectivity index (χ4v) is 4.62. The summed E-state index contributed by atoms with van der Waals surface area (Å²) in [5.41, 5.74) is 4.64. The molecule has 0 bridgehead atoms. The first-order valence-corrected chi connectivity index (χ1v) is 10.3. The average Bonchev–Trinajstić information content (AvgIpc) is 3.35. The van der Waals surface area contributed by atoms with Crippen LogP contribution in [-0.2, 0) is 6.54 Å². The maximum absolute atomic E-state index is 12.8. The predicted octanol–water partition coefficient (Wildman–Crippen LogP) is 5.00. The number of benzene rings is 1. The number of pyridine rings is 1. The average molecular weight is 420 g/mol. The highest BCUT2D eigenvalue weighted by Crippen LogP contribution is 2.32. The molecule has 0 radical (unpaired) electrons. The van der Waals surface area contributed by atoms with Crippen molar-refractivity contribution in [2.24, 2.45) is 0 Å². The second kappa shape index (κ2) is 8.12. The molecule has 0 saturated heterocycles. The van der Waals surface area contributed by atoms with E-state index in [4.69, 9.17) is 4.42 Å². The highest BCUT2D eigenvalue weighted by molar-refractivity contribution is 7.20. The molecule has 2 amide bonds. The molecule has 3 aromatic heterocycles. The Morgan fingerprint density at radius 2 is 1.83 bits per heavy atom. The van der Waals surface area contributed by atoms with Crippen LogP contribution >= 0.6 is 11.3 Å². The molecule has 0 fully saturated rings. The zero-order valence-electron chi connectivity index (χ0n) is 16.9. The van der Waals surface area contributed by atoms with E-state index in [9.17, 15) is 9.59 Å². The van der Waals surface area contributed by atoms with Gasteiger partial charge in [-0.05, 0) is 67.8 Å². The number of aromatic nitrogens is 1. The fourth-order valence-electron chi connectivity index (χ4n) is 3.40. The lowest BCUT2D eigenvalue weighted by Crippen LogP contribution is -2.22. The molecule has 0 aliphatic rings. The molecule has 30 heavy (non-hydrogen) atoms. The first-order chi connectivity index (χ1) is 14.4. The van der Waals surface area contributed by atoms with Gasteiger partial charge in [-0.3, -0.25) is 9.59 Å².